The molecule has 4 heterocycles. The predicted molar refractivity (Wildman–Crippen MR) is 122 cm³/mol. The van der Waals surface area contributed by atoms with E-state index in [0.717, 1.165) is 40.6 Å². The molecule has 0 saturated heterocycles. The van der Waals surface area contributed by atoms with Crippen molar-refractivity contribution in [3.63, 3.8) is 0 Å². The third kappa shape index (κ3) is 3.07. The van der Waals surface area contributed by atoms with Gasteiger partial charge in [0.25, 0.3) is 0 Å². The van der Waals surface area contributed by atoms with Crippen LogP contribution in [0.25, 0.3) is 38.8 Å². The van der Waals surface area contributed by atoms with Crippen LogP contribution in [-0.2, 0) is 6.42 Å². The van der Waals surface area contributed by atoms with Crippen molar-refractivity contribution in [3.8, 4) is 11.4 Å². The third-order valence-electron chi connectivity index (χ3n) is 5.47. The van der Waals surface area contributed by atoms with Crippen molar-refractivity contribution in [2.45, 2.75) is 6.42 Å². The van der Waals surface area contributed by atoms with Crippen LogP contribution in [0.1, 0.15) is 5.56 Å². The minimum absolute atomic E-state index is 0.653. The zero-order valence-electron chi connectivity index (χ0n) is 16.7. The summed E-state index contributed by atoms with van der Waals surface area (Å²) in [6.07, 6.45) is 6.44. The van der Waals surface area contributed by atoms with E-state index in [1.807, 2.05) is 42.5 Å². The molecule has 0 fully saturated rings. The van der Waals surface area contributed by atoms with Gasteiger partial charge in [0.2, 0.25) is 5.95 Å². The molecule has 0 atom stereocenters. The molecule has 0 saturated carbocycles. The van der Waals surface area contributed by atoms with Gasteiger partial charge < -0.3 is 10.3 Å². The molecule has 150 valence electrons. The summed E-state index contributed by atoms with van der Waals surface area (Å²) in [5.74, 6) is 1.33. The van der Waals surface area contributed by atoms with Gasteiger partial charge in [-0.05, 0) is 42.3 Å². The largest absolute Gasteiger partial charge is 0.361 e. The molecule has 2 aromatic carbocycles. The fraction of sp³-hybridized carbons (Fsp3) is 0.0833. The van der Waals surface area contributed by atoms with Gasteiger partial charge in [0.15, 0.2) is 11.5 Å². The summed E-state index contributed by atoms with van der Waals surface area (Å²) in [6, 6.07) is 20.2. The normalized spacial score (nSPS) is 11.5. The number of hydrogen-bond acceptors (Lipinski definition) is 5. The molecule has 0 aliphatic rings. The van der Waals surface area contributed by atoms with Crippen molar-refractivity contribution in [1.29, 1.82) is 0 Å². The lowest BCUT2D eigenvalue weighted by molar-refractivity contribution is 0.908. The topological polar surface area (TPSA) is 83.8 Å². The van der Waals surface area contributed by atoms with E-state index in [9.17, 15) is 0 Å². The summed E-state index contributed by atoms with van der Waals surface area (Å²) in [6.45, 7) is 0.729. The van der Waals surface area contributed by atoms with E-state index in [1.54, 1.807) is 16.9 Å². The molecule has 0 unspecified atom stereocenters. The second-order valence-electron chi connectivity index (χ2n) is 7.40. The number of pyridine rings is 1. The Bertz CT molecular complexity index is 1520. The fourth-order valence-electron chi connectivity index (χ4n) is 3.94. The smallest absolute Gasteiger partial charge is 0.226 e. The summed E-state index contributed by atoms with van der Waals surface area (Å²) in [7, 11) is 0. The SMILES string of the molecule is c1ccc2c(c1)nc(NCCc1c[nH]c3ccccc13)n1nc(-c3ccncc3)nc21. The molecule has 0 radical (unpaired) electrons. The molecule has 0 amide bonds. The highest BCUT2D eigenvalue weighted by Gasteiger charge is 2.14. The van der Waals surface area contributed by atoms with Gasteiger partial charge in [0.05, 0.1) is 5.52 Å². The highest BCUT2D eigenvalue weighted by atomic mass is 15.4. The lowest BCUT2D eigenvalue weighted by Gasteiger charge is -2.08. The Morgan fingerprint density at radius 2 is 1.68 bits per heavy atom. The first-order valence-corrected chi connectivity index (χ1v) is 10.2. The summed E-state index contributed by atoms with van der Waals surface area (Å²) in [4.78, 5) is 17.1. The highest BCUT2D eigenvalue weighted by molar-refractivity contribution is 5.92. The number of fused-ring (bicyclic) bond motifs is 4. The average Bonchev–Trinajstić information content (AvgIpc) is 3.45. The second-order valence-corrected chi connectivity index (χ2v) is 7.40. The number of benzene rings is 2. The second kappa shape index (κ2) is 7.21. The van der Waals surface area contributed by atoms with Gasteiger partial charge in [0, 0.05) is 47.0 Å². The van der Waals surface area contributed by atoms with Crippen LogP contribution in [0.2, 0.25) is 0 Å². The van der Waals surface area contributed by atoms with Crippen LogP contribution in [-0.4, -0.2) is 36.1 Å². The molecule has 0 spiro atoms. The quantitative estimate of drug-likeness (QED) is 0.442. The number of rotatable bonds is 5. The molecule has 6 rings (SSSR count). The third-order valence-corrected chi connectivity index (χ3v) is 5.47. The van der Waals surface area contributed by atoms with Crippen molar-refractivity contribution in [2.75, 3.05) is 11.9 Å². The average molecular weight is 405 g/mol. The minimum Gasteiger partial charge on any atom is -0.361 e. The van der Waals surface area contributed by atoms with Crippen LogP contribution in [0.3, 0.4) is 0 Å². The van der Waals surface area contributed by atoms with E-state index >= 15 is 0 Å². The van der Waals surface area contributed by atoms with Gasteiger partial charge in [-0.1, -0.05) is 30.3 Å². The number of nitrogens with zero attached hydrogens (tertiary/aromatic N) is 5. The monoisotopic (exact) mass is 405 g/mol. The number of aromatic amines is 1. The first-order valence-electron chi connectivity index (χ1n) is 10.2. The van der Waals surface area contributed by atoms with Crippen LogP contribution >= 0.6 is 0 Å². The maximum Gasteiger partial charge on any atom is 0.226 e. The standard InChI is InChI=1S/C24H19N7/c1-3-7-20-18(5-1)17(15-27-20)11-14-26-24-28-21-8-4-2-6-19(21)23-29-22(30-31(23)24)16-9-12-25-13-10-16/h1-10,12-13,15,27H,11,14H2,(H,26,28). The van der Waals surface area contributed by atoms with E-state index in [4.69, 9.17) is 15.1 Å². The number of nitrogens with one attached hydrogen (secondary N) is 2. The van der Waals surface area contributed by atoms with Crippen LogP contribution in [0.4, 0.5) is 5.95 Å². The number of H-pyrrole nitrogens is 1. The molecule has 2 N–H and O–H groups in total. The Hall–Kier alpha value is -4.26. The molecule has 4 aromatic heterocycles. The molecule has 7 nitrogen and oxygen atoms in total. The summed E-state index contributed by atoms with van der Waals surface area (Å²) in [5.41, 5.74) is 5.02. The van der Waals surface area contributed by atoms with Gasteiger partial charge >= 0.3 is 0 Å². The number of para-hydroxylation sites is 2. The molecule has 31 heavy (non-hydrogen) atoms. The van der Waals surface area contributed by atoms with Gasteiger partial charge in [-0.25, -0.2) is 9.97 Å². The first kappa shape index (κ1) is 17.6. The van der Waals surface area contributed by atoms with Gasteiger partial charge in [-0.3, -0.25) is 4.98 Å². The zero-order chi connectivity index (χ0) is 20.6. The molecule has 6 aromatic rings. The maximum atomic E-state index is 4.82. The Balaban J connectivity index is 1.37. The van der Waals surface area contributed by atoms with E-state index < -0.39 is 0 Å². The van der Waals surface area contributed by atoms with E-state index in [1.165, 1.54) is 10.9 Å². The molecule has 7 heteroatoms. The van der Waals surface area contributed by atoms with Crippen LogP contribution < -0.4 is 5.32 Å². The Morgan fingerprint density at radius 3 is 2.58 bits per heavy atom. The lowest BCUT2D eigenvalue weighted by Crippen LogP contribution is -2.11. The van der Waals surface area contributed by atoms with Crippen molar-refractivity contribution < 1.29 is 0 Å². The molecule has 0 bridgehead atoms. The Morgan fingerprint density at radius 1 is 0.871 bits per heavy atom. The lowest BCUT2D eigenvalue weighted by atomic mass is 10.1. The highest BCUT2D eigenvalue weighted by Crippen LogP contribution is 2.24. The van der Waals surface area contributed by atoms with Gasteiger partial charge in [-0.15, -0.1) is 5.10 Å². The summed E-state index contributed by atoms with van der Waals surface area (Å²) in [5, 5.41) is 10.4. The van der Waals surface area contributed by atoms with Gasteiger partial charge in [-0.2, -0.15) is 4.52 Å². The number of aromatic nitrogens is 6. The zero-order valence-corrected chi connectivity index (χ0v) is 16.7. The van der Waals surface area contributed by atoms with E-state index in [2.05, 4.69) is 39.7 Å². The van der Waals surface area contributed by atoms with Crippen LogP contribution in [0, 0.1) is 0 Å². The number of anilines is 1. The summed E-state index contributed by atoms with van der Waals surface area (Å²) < 4.78 is 1.80. The number of hydrogen-bond donors (Lipinski definition) is 2. The molecule has 0 aliphatic heterocycles. The Labute approximate surface area is 177 Å². The van der Waals surface area contributed by atoms with Crippen molar-refractivity contribution in [3.05, 3.63) is 84.8 Å². The van der Waals surface area contributed by atoms with Crippen molar-refractivity contribution >= 4 is 33.4 Å². The van der Waals surface area contributed by atoms with Crippen LogP contribution in [0.15, 0.2) is 79.3 Å². The predicted octanol–water partition coefficient (Wildman–Crippen LogP) is 4.48. The molecular weight excluding hydrogens is 386 g/mol. The minimum atomic E-state index is 0.653. The molecular formula is C24H19N7. The summed E-state index contributed by atoms with van der Waals surface area (Å²) >= 11 is 0. The van der Waals surface area contributed by atoms with Crippen molar-refractivity contribution in [1.82, 2.24) is 29.5 Å². The first-order chi connectivity index (χ1) is 15.4. The van der Waals surface area contributed by atoms with E-state index in [0.29, 0.717) is 11.8 Å². The maximum absolute atomic E-state index is 4.82. The Kier molecular flexibility index (Phi) is 4.09. The van der Waals surface area contributed by atoms with Crippen LogP contribution in [0.5, 0.6) is 0 Å². The van der Waals surface area contributed by atoms with Crippen molar-refractivity contribution in [2.24, 2.45) is 0 Å². The fourth-order valence-corrected chi connectivity index (χ4v) is 3.94. The van der Waals surface area contributed by atoms with E-state index in [-0.39, 0.29) is 0 Å². The molecule has 0 aliphatic carbocycles. The van der Waals surface area contributed by atoms with Gasteiger partial charge in [0.1, 0.15) is 0 Å².